The van der Waals surface area contributed by atoms with Gasteiger partial charge in [0.15, 0.2) is 5.82 Å². The Morgan fingerprint density at radius 3 is 2.72 bits per heavy atom. The van der Waals surface area contributed by atoms with E-state index in [1.54, 1.807) is 0 Å². The van der Waals surface area contributed by atoms with Gasteiger partial charge in [-0.1, -0.05) is 6.07 Å². The topological polar surface area (TPSA) is 94.0 Å². The molecule has 0 saturated carbocycles. The molecule has 0 aliphatic rings. The van der Waals surface area contributed by atoms with Crippen LogP contribution in [0.1, 0.15) is 16.1 Å². The van der Waals surface area contributed by atoms with Gasteiger partial charge in [-0.25, -0.2) is 13.4 Å². The summed E-state index contributed by atoms with van der Waals surface area (Å²) >= 11 is 0. The van der Waals surface area contributed by atoms with E-state index in [-0.39, 0.29) is 17.1 Å². The maximum absolute atomic E-state index is 13.6. The molecule has 0 atom stereocenters. The van der Waals surface area contributed by atoms with Gasteiger partial charge >= 0.3 is 0 Å². The number of nitrogens with two attached hydrogens (primary N) is 1. The lowest BCUT2D eigenvalue weighted by Gasteiger charge is -2.07. The minimum atomic E-state index is -0.905. The number of benzene rings is 1. The van der Waals surface area contributed by atoms with Gasteiger partial charge in [0.25, 0.3) is 5.91 Å². The van der Waals surface area contributed by atoms with Crippen molar-refractivity contribution >= 4 is 17.4 Å². The average Bonchev–Trinajstić information content (AvgIpc) is 2.76. The number of nitrogens with one attached hydrogen (secondary N) is 1. The van der Waals surface area contributed by atoms with Crippen LogP contribution in [0.4, 0.5) is 20.3 Å². The van der Waals surface area contributed by atoms with Crippen LogP contribution in [0.2, 0.25) is 0 Å². The van der Waals surface area contributed by atoms with E-state index in [4.69, 9.17) is 5.73 Å². The van der Waals surface area contributed by atoms with E-state index in [1.807, 2.05) is 5.32 Å². The molecule has 0 radical (unpaired) electrons. The van der Waals surface area contributed by atoms with Crippen molar-refractivity contribution in [3.63, 3.8) is 0 Å². The van der Waals surface area contributed by atoms with Gasteiger partial charge in [0.2, 0.25) is 11.5 Å². The second-order valence-corrected chi connectivity index (χ2v) is 3.51. The zero-order valence-corrected chi connectivity index (χ0v) is 9.20. The Labute approximate surface area is 99.7 Å². The first-order valence-corrected chi connectivity index (χ1v) is 4.84. The summed E-state index contributed by atoms with van der Waals surface area (Å²) in [6.07, 6.45) is 0. The van der Waals surface area contributed by atoms with Gasteiger partial charge in [-0.3, -0.25) is 4.79 Å². The molecule has 1 aromatic carbocycles. The summed E-state index contributed by atoms with van der Waals surface area (Å²) in [6.45, 7) is 1.44. The van der Waals surface area contributed by atoms with Gasteiger partial charge in [-0.2, -0.15) is 0 Å². The number of aromatic nitrogens is 2. The van der Waals surface area contributed by atoms with Crippen LogP contribution in [0.3, 0.4) is 0 Å². The predicted molar refractivity (Wildman–Crippen MR) is 57.8 cm³/mol. The van der Waals surface area contributed by atoms with Crippen LogP contribution in [-0.2, 0) is 0 Å². The average molecular weight is 254 g/mol. The summed E-state index contributed by atoms with van der Waals surface area (Å²) in [4.78, 5) is 11.6. The quantitative estimate of drug-likeness (QED) is 0.846. The van der Waals surface area contributed by atoms with E-state index in [0.717, 1.165) is 6.07 Å². The molecule has 18 heavy (non-hydrogen) atoms. The third-order valence-electron chi connectivity index (χ3n) is 2.25. The first kappa shape index (κ1) is 12.0. The van der Waals surface area contributed by atoms with Crippen LogP contribution in [0.25, 0.3) is 0 Å². The van der Waals surface area contributed by atoms with Crippen LogP contribution >= 0.6 is 0 Å². The Balaban J connectivity index is 2.33. The van der Waals surface area contributed by atoms with E-state index in [0.29, 0.717) is 0 Å². The van der Waals surface area contributed by atoms with Crippen molar-refractivity contribution in [2.24, 2.45) is 0 Å². The van der Waals surface area contributed by atoms with E-state index in [2.05, 4.69) is 14.9 Å². The number of hydrogen-bond donors (Lipinski definition) is 2. The van der Waals surface area contributed by atoms with Crippen LogP contribution < -0.4 is 11.1 Å². The second kappa shape index (κ2) is 4.40. The number of amides is 1. The molecule has 0 aliphatic heterocycles. The fourth-order valence-corrected chi connectivity index (χ4v) is 1.30. The third kappa shape index (κ3) is 1.99. The highest BCUT2D eigenvalue weighted by molar-refractivity contribution is 6.05. The SMILES string of the molecule is Cc1ccc(F)c(NC(=O)c2nonc2N)c1F. The lowest BCUT2D eigenvalue weighted by molar-refractivity contribution is 0.101. The number of rotatable bonds is 2. The van der Waals surface area contributed by atoms with Gasteiger partial charge in [-0.05, 0) is 28.9 Å². The Morgan fingerprint density at radius 1 is 1.39 bits per heavy atom. The van der Waals surface area contributed by atoms with Gasteiger partial charge in [0.1, 0.15) is 11.5 Å². The Hall–Kier alpha value is -2.51. The fourth-order valence-electron chi connectivity index (χ4n) is 1.30. The molecular weight excluding hydrogens is 246 g/mol. The van der Waals surface area contributed by atoms with Crippen molar-refractivity contribution < 1.29 is 18.2 Å². The minimum absolute atomic E-state index is 0.193. The van der Waals surface area contributed by atoms with Crippen molar-refractivity contribution in [2.75, 3.05) is 11.1 Å². The van der Waals surface area contributed by atoms with Gasteiger partial charge in [0.05, 0.1) is 0 Å². The van der Waals surface area contributed by atoms with Crippen LogP contribution in [-0.4, -0.2) is 16.2 Å². The van der Waals surface area contributed by atoms with Crippen LogP contribution in [0, 0.1) is 18.6 Å². The molecular formula is C10H8F2N4O2. The lowest BCUT2D eigenvalue weighted by atomic mass is 10.2. The molecule has 1 heterocycles. The number of hydrogen-bond acceptors (Lipinski definition) is 5. The summed E-state index contributed by atoms with van der Waals surface area (Å²) in [6, 6.07) is 2.30. The molecule has 3 N–H and O–H groups in total. The maximum Gasteiger partial charge on any atom is 0.281 e. The molecule has 0 spiro atoms. The minimum Gasteiger partial charge on any atom is -0.379 e. The van der Waals surface area contributed by atoms with Gasteiger partial charge in [0, 0.05) is 0 Å². The molecule has 2 rings (SSSR count). The zero-order chi connectivity index (χ0) is 13.3. The molecule has 94 valence electrons. The standard InChI is InChI=1S/C10H8F2N4O2/c1-4-2-3-5(11)7(6(4)12)14-10(17)8-9(13)16-18-15-8/h2-3H,1H3,(H2,13,16)(H,14,17). The highest BCUT2D eigenvalue weighted by Crippen LogP contribution is 2.22. The number of carbonyl (C=O) groups excluding carboxylic acids is 1. The van der Waals surface area contributed by atoms with Crippen molar-refractivity contribution in [2.45, 2.75) is 6.92 Å². The predicted octanol–water partition coefficient (Wildman–Crippen LogP) is 1.49. The molecule has 0 unspecified atom stereocenters. The van der Waals surface area contributed by atoms with Crippen LogP contribution in [0.5, 0.6) is 0 Å². The molecule has 8 heteroatoms. The summed E-state index contributed by atoms with van der Waals surface area (Å²) in [5.74, 6) is -2.93. The van der Waals surface area contributed by atoms with E-state index >= 15 is 0 Å². The third-order valence-corrected chi connectivity index (χ3v) is 2.25. The lowest BCUT2D eigenvalue weighted by Crippen LogP contribution is -2.16. The van der Waals surface area contributed by atoms with Crippen molar-refractivity contribution in [3.05, 3.63) is 35.0 Å². The normalized spacial score (nSPS) is 10.4. The number of nitrogens with zero attached hydrogens (tertiary/aromatic N) is 2. The van der Waals surface area contributed by atoms with Crippen molar-refractivity contribution in [1.29, 1.82) is 0 Å². The summed E-state index contributed by atoms with van der Waals surface area (Å²) in [5, 5.41) is 8.44. The number of aryl methyl sites for hydroxylation is 1. The molecule has 0 aliphatic carbocycles. The number of halogens is 2. The monoisotopic (exact) mass is 254 g/mol. The maximum atomic E-state index is 13.6. The number of carbonyl (C=O) groups is 1. The van der Waals surface area contributed by atoms with Gasteiger partial charge in [-0.15, -0.1) is 0 Å². The van der Waals surface area contributed by atoms with Crippen LogP contribution in [0.15, 0.2) is 16.8 Å². The Kier molecular flexibility index (Phi) is 2.92. The first-order valence-electron chi connectivity index (χ1n) is 4.84. The highest BCUT2D eigenvalue weighted by atomic mass is 19.1. The second-order valence-electron chi connectivity index (χ2n) is 3.51. The summed E-state index contributed by atoms with van der Waals surface area (Å²) < 4.78 is 31.2. The fraction of sp³-hybridized carbons (Fsp3) is 0.100. The first-order chi connectivity index (χ1) is 8.50. The van der Waals surface area contributed by atoms with E-state index in [9.17, 15) is 13.6 Å². The molecule has 6 nitrogen and oxygen atoms in total. The van der Waals surface area contributed by atoms with E-state index < -0.39 is 23.2 Å². The Morgan fingerprint density at radius 2 is 2.11 bits per heavy atom. The summed E-state index contributed by atoms with van der Waals surface area (Å²) in [7, 11) is 0. The molecule has 1 amide bonds. The van der Waals surface area contributed by atoms with Crippen molar-refractivity contribution in [1.82, 2.24) is 10.3 Å². The molecule has 0 saturated heterocycles. The zero-order valence-electron chi connectivity index (χ0n) is 9.20. The van der Waals surface area contributed by atoms with Gasteiger partial charge < -0.3 is 11.1 Å². The molecule has 0 fully saturated rings. The number of nitrogen functional groups attached to an aromatic ring is 1. The smallest absolute Gasteiger partial charge is 0.281 e. The molecule has 1 aromatic heterocycles. The largest absolute Gasteiger partial charge is 0.379 e. The molecule has 2 aromatic rings. The summed E-state index contributed by atoms with van der Waals surface area (Å²) in [5.41, 5.74) is 4.57. The van der Waals surface area contributed by atoms with Crippen molar-refractivity contribution in [3.8, 4) is 0 Å². The number of anilines is 2. The van der Waals surface area contributed by atoms with E-state index in [1.165, 1.54) is 13.0 Å². The Bertz CT molecular complexity index is 612. The molecule has 0 bridgehead atoms. The highest BCUT2D eigenvalue weighted by Gasteiger charge is 2.20.